The summed E-state index contributed by atoms with van der Waals surface area (Å²) < 4.78 is 16.5. The summed E-state index contributed by atoms with van der Waals surface area (Å²) in [6.07, 6.45) is 4.52. The summed E-state index contributed by atoms with van der Waals surface area (Å²) in [5.41, 5.74) is 1.64. The van der Waals surface area contributed by atoms with Crippen molar-refractivity contribution in [2.75, 3.05) is 53.6 Å². The van der Waals surface area contributed by atoms with Crippen molar-refractivity contribution in [1.29, 1.82) is 0 Å². The van der Waals surface area contributed by atoms with Gasteiger partial charge in [0, 0.05) is 64.0 Å². The van der Waals surface area contributed by atoms with Crippen LogP contribution >= 0.6 is 0 Å². The molecule has 0 radical (unpaired) electrons. The molecule has 41 heavy (non-hydrogen) atoms. The van der Waals surface area contributed by atoms with Gasteiger partial charge >= 0.3 is 0 Å². The molecule has 4 rings (SSSR count). The van der Waals surface area contributed by atoms with E-state index in [1.54, 1.807) is 26.4 Å². The molecule has 2 atom stereocenters. The van der Waals surface area contributed by atoms with Crippen molar-refractivity contribution in [3.05, 3.63) is 59.7 Å². The van der Waals surface area contributed by atoms with E-state index in [0.717, 1.165) is 44.5 Å². The standard InChI is InChI=1S/C33H47N3O5/c1-24(2)35(33(38)26-14-15-30(40-4)31(19-26)41-17-9-16-39-3)22-27-20-34-21-28(27)23-36(29-12-8-13-29)32(37)18-25-10-6-5-7-11-25/h5-7,10-11,14-15,19,24,27-29,34H,8-9,12-13,16-18,20-23H2,1-4H3. The summed E-state index contributed by atoms with van der Waals surface area (Å²) in [5, 5.41) is 3.55. The second-order valence-corrected chi connectivity index (χ2v) is 11.6. The van der Waals surface area contributed by atoms with Gasteiger partial charge in [0.2, 0.25) is 5.91 Å². The van der Waals surface area contributed by atoms with Gasteiger partial charge in [0.15, 0.2) is 11.5 Å². The van der Waals surface area contributed by atoms with Gasteiger partial charge < -0.3 is 29.3 Å². The third-order valence-electron chi connectivity index (χ3n) is 8.42. The molecule has 1 N–H and O–H groups in total. The highest BCUT2D eigenvalue weighted by atomic mass is 16.5. The lowest BCUT2D eigenvalue weighted by Gasteiger charge is -2.40. The molecule has 1 saturated heterocycles. The topological polar surface area (TPSA) is 80.3 Å². The molecule has 1 aliphatic carbocycles. The van der Waals surface area contributed by atoms with Crippen LogP contribution in [-0.4, -0.2) is 87.3 Å². The lowest BCUT2D eigenvalue weighted by molar-refractivity contribution is -0.135. The van der Waals surface area contributed by atoms with E-state index in [4.69, 9.17) is 14.2 Å². The minimum atomic E-state index is -0.0222. The average Bonchev–Trinajstić information content (AvgIpc) is 3.39. The Kier molecular flexibility index (Phi) is 11.5. The number of nitrogens with one attached hydrogen (secondary N) is 1. The zero-order chi connectivity index (χ0) is 29.2. The molecule has 8 nitrogen and oxygen atoms in total. The maximum absolute atomic E-state index is 13.8. The molecule has 1 heterocycles. The van der Waals surface area contributed by atoms with Gasteiger partial charge in [0.1, 0.15) is 0 Å². The first-order chi connectivity index (χ1) is 19.9. The van der Waals surface area contributed by atoms with Crippen LogP contribution in [-0.2, 0) is 16.0 Å². The van der Waals surface area contributed by atoms with Gasteiger partial charge in [-0.1, -0.05) is 30.3 Å². The molecule has 8 heteroatoms. The Labute approximate surface area is 245 Å². The first-order valence-corrected chi connectivity index (χ1v) is 15.1. The first-order valence-electron chi connectivity index (χ1n) is 15.1. The van der Waals surface area contributed by atoms with Crippen LogP contribution in [0.5, 0.6) is 11.5 Å². The molecular formula is C33H47N3O5. The van der Waals surface area contributed by atoms with Crippen LogP contribution in [0.2, 0.25) is 0 Å². The Bertz CT molecular complexity index is 1120. The largest absolute Gasteiger partial charge is 0.493 e. The highest BCUT2D eigenvalue weighted by Crippen LogP contribution is 2.31. The van der Waals surface area contributed by atoms with Crippen LogP contribution in [0.25, 0.3) is 0 Å². The molecule has 2 fully saturated rings. The quantitative estimate of drug-likeness (QED) is 0.322. The highest BCUT2D eigenvalue weighted by Gasteiger charge is 2.36. The average molecular weight is 566 g/mol. The summed E-state index contributed by atoms with van der Waals surface area (Å²) in [6, 6.07) is 15.8. The van der Waals surface area contributed by atoms with Crippen molar-refractivity contribution in [2.45, 2.75) is 58.0 Å². The van der Waals surface area contributed by atoms with Gasteiger partial charge in [-0.25, -0.2) is 0 Å². The molecule has 2 aromatic carbocycles. The number of nitrogens with zero attached hydrogens (tertiary/aromatic N) is 2. The number of carbonyl (C=O) groups is 2. The fourth-order valence-corrected chi connectivity index (χ4v) is 5.75. The third-order valence-corrected chi connectivity index (χ3v) is 8.42. The number of hydrogen-bond acceptors (Lipinski definition) is 6. The van der Waals surface area contributed by atoms with Crippen molar-refractivity contribution >= 4 is 11.8 Å². The summed E-state index contributed by atoms with van der Waals surface area (Å²) in [5.74, 6) is 1.90. The Morgan fingerprint density at radius 3 is 2.32 bits per heavy atom. The summed E-state index contributed by atoms with van der Waals surface area (Å²) in [4.78, 5) is 31.4. The summed E-state index contributed by atoms with van der Waals surface area (Å²) in [7, 11) is 3.27. The first kappa shape index (κ1) is 30.8. The van der Waals surface area contributed by atoms with Crippen LogP contribution in [0.15, 0.2) is 48.5 Å². The Balaban J connectivity index is 1.44. The second kappa shape index (κ2) is 15.2. The normalized spacial score (nSPS) is 18.7. The van der Waals surface area contributed by atoms with E-state index in [-0.39, 0.29) is 23.8 Å². The molecule has 1 aliphatic heterocycles. The van der Waals surface area contributed by atoms with E-state index in [1.807, 2.05) is 41.3 Å². The zero-order valence-corrected chi connectivity index (χ0v) is 25.1. The van der Waals surface area contributed by atoms with E-state index in [9.17, 15) is 9.59 Å². The molecule has 0 aromatic heterocycles. The van der Waals surface area contributed by atoms with Crippen molar-refractivity contribution in [3.63, 3.8) is 0 Å². The van der Waals surface area contributed by atoms with Crippen molar-refractivity contribution in [2.24, 2.45) is 11.8 Å². The van der Waals surface area contributed by atoms with Gasteiger partial charge in [-0.05, 0) is 68.7 Å². The predicted octanol–water partition coefficient (Wildman–Crippen LogP) is 4.42. The number of carbonyl (C=O) groups excluding carboxylic acids is 2. The van der Waals surface area contributed by atoms with Gasteiger partial charge in [0.05, 0.1) is 20.1 Å². The van der Waals surface area contributed by atoms with Gasteiger partial charge in [-0.3, -0.25) is 9.59 Å². The summed E-state index contributed by atoms with van der Waals surface area (Å²) in [6.45, 7) is 8.26. The van der Waals surface area contributed by atoms with E-state index in [2.05, 4.69) is 24.1 Å². The number of benzene rings is 2. The molecule has 2 amide bonds. The minimum Gasteiger partial charge on any atom is -0.493 e. The number of rotatable bonds is 15. The number of methoxy groups -OCH3 is 2. The van der Waals surface area contributed by atoms with E-state index >= 15 is 0 Å². The van der Waals surface area contributed by atoms with Gasteiger partial charge in [-0.2, -0.15) is 0 Å². The Morgan fingerprint density at radius 1 is 0.951 bits per heavy atom. The second-order valence-electron chi connectivity index (χ2n) is 11.6. The van der Waals surface area contributed by atoms with E-state index < -0.39 is 0 Å². The maximum atomic E-state index is 13.8. The molecule has 2 aliphatic rings. The van der Waals surface area contributed by atoms with Gasteiger partial charge in [-0.15, -0.1) is 0 Å². The Hall–Kier alpha value is -3.10. The fraction of sp³-hybridized carbons (Fsp3) is 0.576. The monoisotopic (exact) mass is 565 g/mol. The molecule has 224 valence electrons. The predicted molar refractivity (Wildman–Crippen MR) is 161 cm³/mol. The minimum absolute atomic E-state index is 0.0222. The van der Waals surface area contributed by atoms with Crippen LogP contribution in [0, 0.1) is 11.8 Å². The van der Waals surface area contributed by atoms with E-state index in [1.165, 1.54) is 6.42 Å². The highest BCUT2D eigenvalue weighted by molar-refractivity contribution is 5.95. The molecule has 0 spiro atoms. The number of amides is 2. The van der Waals surface area contributed by atoms with Crippen LogP contribution in [0.1, 0.15) is 55.5 Å². The Morgan fingerprint density at radius 2 is 1.68 bits per heavy atom. The van der Waals surface area contributed by atoms with E-state index in [0.29, 0.717) is 55.2 Å². The van der Waals surface area contributed by atoms with Crippen LogP contribution < -0.4 is 14.8 Å². The van der Waals surface area contributed by atoms with Gasteiger partial charge in [0.25, 0.3) is 5.91 Å². The SMILES string of the molecule is COCCCOc1cc(C(=O)N(CC2CNCC2CN(C(=O)Cc2ccccc2)C2CCC2)C(C)C)ccc1OC. The smallest absolute Gasteiger partial charge is 0.254 e. The number of ether oxygens (including phenoxy) is 3. The zero-order valence-electron chi connectivity index (χ0n) is 25.1. The molecule has 2 aromatic rings. The maximum Gasteiger partial charge on any atom is 0.254 e. The van der Waals surface area contributed by atoms with Crippen molar-refractivity contribution < 1.29 is 23.8 Å². The van der Waals surface area contributed by atoms with Crippen LogP contribution in [0.3, 0.4) is 0 Å². The van der Waals surface area contributed by atoms with Crippen LogP contribution in [0.4, 0.5) is 0 Å². The fourth-order valence-electron chi connectivity index (χ4n) is 5.75. The molecule has 2 unspecified atom stereocenters. The van der Waals surface area contributed by atoms with Crippen molar-refractivity contribution in [3.8, 4) is 11.5 Å². The molecule has 0 bridgehead atoms. The lowest BCUT2D eigenvalue weighted by atomic mass is 9.88. The molecule has 1 saturated carbocycles. The summed E-state index contributed by atoms with van der Waals surface area (Å²) >= 11 is 0. The molecular weight excluding hydrogens is 518 g/mol. The van der Waals surface area contributed by atoms with Crippen molar-refractivity contribution in [1.82, 2.24) is 15.1 Å². The third kappa shape index (κ3) is 8.23. The lowest BCUT2D eigenvalue weighted by Crippen LogP contribution is -2.49. The number of hydrogen-bond donors (Lipinski definition) is 1.